The van der Waals surface area contributed by atoms with Crippen LogP contribution in [0.25, 0.3) is 0 Å². The first-order valence-electron chi connectivity index (χ1n) is 8.55. The van der Waals surface area contributed by atoms with Crippen LogP contribution in [0.15, 0.2) is 94.3 Å². The predicted octanol–water partition coefficient (Wildman–Crippen LogP) is 3.87. The van der Waals surface area contributed by atoms with Gasteiger partial charge in [-0.2, -0.15) is 4.31 Å². The first-order chi connectivity index (χ1) is 13.4. The molecule has 1 amide bonds. The summed E-state index contributed by atoms with van der Waals surface area (Å²) >= 11 is 3.31. The van der Waals surface area contributed by atoms with Gasteiger partial charge in [0, 0.05) is 11.0 Å². The molecule has 28 heavy (non-hydrogen) atoms. The third-order valence-electron chi connectivity index (χ3n) is 4.26. The van der Waals surface area contributed by atoms with Crippen LogP contribution in [0.4, 0.5) is 0 Å². The van der Waals surface area contributed by atoms with E-state index in [2.05, 4.69) is 15.9 Å². The van der Waals surface area contributed by atoms with E-state index in [9.17, 15) is 13.2 Å². The lowest BCUT2D eigenvalue weighted by Gasteiger charge is -2.29. The highest BCUT2D eigenvalue weighted by Gasteiger charge is 2.36. The third-order valence-corrected chi connectivity index (χ3v) is 6.56. The Bertz CT molecular complexity index is 1060. The summed E-state index contributed by atoms with van der Waals surface area (Å²) in [4.78, 5) is 12.5. The molecule has 3 rings (SSSR count). The standard InChI is InChI=1S/C21H19BrN2O3S/c22-18-12-7-13-19(14-18)28(26,27)24(15-16-8-3-1-4-9-16)20(21(23)25)17-10-5-2-6-11-17/h1-14,20H,15H2,(H2,23,25)/t20-/m1/s1. The molecule has 0 aromatic heterocycles. The number of nitrogens with two attached hydrogens (primary N) is 1. The van der Waals surface area contributed by atoms with Gasteiger partial charge in [0.05, 0.1) is 4.90 Å². The van der Waals surface area contributed by atoms with Gasteiger partial charge in [-0.05, 0) is 29.3 Å². The second-order valence-electron chi connectivity index (χ2n) is 6.21. The molecule has 0 unspecified atom stereocenters. The zero-order chi connectivity index (χ0) is 20.1. The molecular weight excluding hydrogens is 440 g/mol. The van der Waals surface area contributed by atoms with E-state index >= 15 is 0 Å². The Kier molecular flexibility index (Phi) is 6.28. The van der Waals surface area contributed by atoms with Crippen LogP contribution in [-0.2, 0) is 21.4 Å². The Labute approximate surface area is 173 Å². The molecular formula is C21H19BrN2O3S. The smallest absolute Gasteiger partial charge is 0.244 e. The van der Waals surface area contributed by atoms with E-state index in [-0.39, 0.29) is 11.4 Å². The number of carbonyl (C=O) groups is 1. The maximum atomic E-state index is 13.5. The van der Waals surface area contributed by atoms with Crippen molar-refractivity contribution in [2.45, 2.75) is 17.5 Å². The number of primary amides is 1. The molecule has 0 fully saturated rings. The fourth-order valence-electron chi connectivity index (χ4n) is 2.95. The van der Waals surface area contributed by atoms with Gasteiger partial charge < -0.3 is 5.73 Å². The second kappa shape index (κ2) is 8.68. The van der Waals surface area contributed by atoms with Crippen LogP contribution in [-0.4, -0.2) is 18.6 Å². The minimum atomic E-state index is -4.01. The van der Waals surface area contributed by atoms with Crippen molar-refractivity contribution >= 4 is 31.9 Å². The summed E-state index contributed by atoms with van der Waals surface area (Å²) < 4.78 is 28.8. The highest BCUT2D eigenvalue weighted by atomic mass is 79.9. The van der Waals surface area contributed by atoms with Gasteiger partial charge in [0.2, 0.25) is 15.9 Å². The SMILES string of the molecule is NC(=O)[C@@H](c1ccccc1)N(Cc1ccccc1)S(=O)(=O)c1cccc(Br)c1. The number of halogens is 1. The number of hydrogen-bond donors (Lipinski definition) is 1. The Balaban J connectivity index is 2.15. The van der Waals surface area contributed by atoms with Crippen LogP contribution >= 0.6 is 15.9 Å². The summed E-state index contributed by atoms with van der Waals surface area (Å²) in [7, 11) is -4.01. The third kappa shape index (κ3) is 4.49. The summed E-state index contributed by atoms with van der Waals surface area (Å²) in [5.74, 6) is -0.735. The van der Waals surface area contributed by atoms with Crippen LogP contribution in [0.3, 0.4) is 0 Å². The number of sulfonamides is 1. The molecule has 0 aliphatic carbocycles. The topological polar surface area (TPSA) is 80.5 Å². The van der Waals surface area contributed by atoms with E-state index in [4.69, 9.17) is 5.73 Å². The van der Waals surface area contributed by atoms with Crippen LogP contribution in [0.2, 0.25) is 0 Å². The average Bonchev–Trinajstić information content (AvgIpc) is 2.69. The van der Waals surface area contributed by atoms with Crippen molar-refractivity contribution in [1.82, 2.24) is 4.31 Å². The zero-order valence-corrected chi connectivity index (χ0v) is 17.3. The molecule has 0 heterocycles. The van der Waals surface area contributed by atoms with Gasteiger partial charge in [0.15, 0.2) is 0 Å². The Morgan fingerprint density at radius 3 is 2.11 bits per heavy atom. The molecule has 3 aromatic carbocycles. The van der Waals surface area contributed by atoms with Gasteiger partial charge >= 0.3 is 0 Å². The monoisotopic (exact) mass is 458 g/mol. The molecule has 3 aromatic rings. The molecule has 0 spiro atoms. The van der Waals surface area contributed by atoms with E-state index in [0.29, 0.717) is 10.0 Å². The molecule has 0 saturated heterocycles. The average molecular weight is 459 g/mol. The van der Waals surface area contributed by atoms with Gasteiger partial charge in [-0.15, -0.1) is 0 Å². The highest BCUT2D eigenvalue weighted by Crippen LogP contribution is 2.30. The van der Waals surface area contributed by atoms with E-state index in [1.807, 2.05) is 30.3 Å². The van der Waals surface area contributed by atoms with Gasteiger partial charge in [0.1, 0.15) is 6.04 Å². The Morgan fingerprint density at radius 2 is 1.54 bits per heavy atom. The number of benzene rings is 3. The summed E-state index contributed by atoms with van der Waals surface area (Å²) in [6.45, 7) is 0.0121. The van der Waals surface area contributed by atoms with E-state index in [1.54, 1.807) is 42.5 Å². The largest absolute Gasteiger partial charge is 0.368 e. The Morgan fingerprint density at radius 1 is 0.929 bits per heavy atom. The lowest BCUT2D eigenvalue weighted by Crippen LogP contribution is -2.41. The normalized spacial score (nSPS) is 12.6. The van der Waals surface area contributed by atoms with E-state index in [1.165, 1.54) is 12.1 Å². The van der Waals surface area contributed by atoms with Crippen molar-refractivity contribution in [1.29, 1.82) is 0 Å². The molecule has 0 aliphatic rings. The van der Waals surface area contributed by atoms with Crippen molar-refractivity contribution < 1.29 is 13.2 Å². The van der Waals surface area contributed by atoms with Crippen LogP contribution in [0.1, 0.15) is 17.2 Å². The first-order valence-corrected chi connectivity index (χ1v) is 10.8. The van der Waals surface area contributed by atoms with Crippen LogP contribution in [0, 0.1) is 0 Å². The van der Waals surface area contributed by atoms with E-state index < -0.39 is 22.0 Å². The lowest BCUT2D eigenvalue weighted by molar-refractivity contribution is -0.122. The van der Waals surface area contributed by atoms with Crippen molar-refractivity contribution in [3.63, 3.8) is 0 Å². The number of rotatable bonds is 7. The summed E-state index contributed by atoms with van der Waals surface area (Å²) in [6.07, 6.45) is 0. The molecule has 0 radical (unpaired) electrons. The number of hydrogen-bond acceptors (Lipinski definition) is 3. The van der Waals surface area contributed by atoms with Crippen LogP contribution in [0.5, 0.6) is 0 Å². The van der Waals surface area contributed by atoms with Gasteiger partial charge in [-0.3, -0.25) is 4.79 Å². The van der Waals surface area contributed by atoms with E-state index in [0.717, 1.165) is 9.87 Å². The fraction of sp³-hybridized carbons (Fsp3) is 0.0952. The van der Waals surface area contributed by atoms with Crippen LogP contribution < -0.4 is 5.73 Å². The summed E-state index contributed by atoms with van der Waals surface area (Å²) in [5, 5.41) is 0. The van der Waals surface area contributed by atoms with Crippen molar-refractivity contribution in [2.75, 3.05) is 0 Å². The molecule has 0 bridgehead atoms. The Hall–Kier alpha value is -2.48. The maximum absolute atomic E-state index is 13.5. The lowest BCUT2D eigenvalue weighted by atomic mass is 10.1. The molecule has 7 heteroatoms. The number of carbonyl (C=O) groups excluding carboxylic acids is 1. The van der Waals surface area contributed by atoms with Crippen molar-refractivity contribution in [3.8, 4) is 0 Å². The second-order valence-corrected chi connectivity index (χ2v) is 9.02. The molecule has 0 aliphatic heterocycles. The highest BCUT2D eigenvalue weighted by molar-refractivity contribution is 9.10. The predicted molar refractivity (Wildman–Crippen MR) is 112 cm³/mol. The maximum Gasteiger partial charge on any atom is 0.244 e. The van der Waals surface area contributed by atoms with Gasteiger partial charge in [-0.25, -0.2) is 8.42 Å². The number of nitrogens with zero attached hydrogens (tertiary/aromatic N) is 1. The van der Waals surface area contributed by atoms with Crippen molar-refractivity contribution in [2.24, 2.45) is 5.73 Å². The molecule has 2 N–H and O–H groups in total. The van der Waals surface area contributed by atoms with Crippen molar-refractivity contribution in [3.05, 3.63) is 101 Å². The van der Waals surface area contributed by atoms with Gasteiger partial charge in [-0.1, -0.05) is 82.7 Å². The summed E-state index contributed by atoms with van der Waals surface area (Å²) in [5.41, 5.74) is 6.94. The molecule has 0 saturated carbocycles. The summed E-state index contributed by atoms with van der Waals surface area (Å²) in [6, 6.07) is 23.1. The zero-order valence-electron chi connectivity index (χ0n) is 14.9. The minimum Gasteiger partial charge on any atom is -0.368 e. The molecule has 144 valence electrons. The molecule has 5 nitrogen and oxygen atoms in total. The molecule has 1 atom stereocenters. The minimum absolute atomic E-state index is 0.0121. The quantitative estimate of drug-likeness (QED) is 0.583. The first kappa shape index (κ1) is 20.3. The number of amides is 1. The fourth-order valence-corrected chi connectivity index (χ4v) is 5.12. The van der Waals surface area contributed by atoms with Gasteiger partial charge in [0.25, 0.3) is 0 Å².